The summed E-state index contributed by atoms with van der Waals surface area (Å²) in [6.07, 6.45) is 1.65. The lowest BCUT2D eigenvalue weighted by Crippen LogP contribution is -2.37. The number of aromatic nitrogens is 2. The summed E-state index contributed by atoms with van der Waals surface area (Å²) in [6, 6.07) is 14.4. The first-order valence-corrected chi connectivity index (χ1v) is 11.7. The zero-order chi connectivity index (χ0) is 23.6. The van der Waals surface area contributed by atoms with Crippen molar-refractivity contribution in [2.45, 2.75) is 59.4 Å². The smallest absolute Gasteiger partial charge is 0.241 e. The number of nitrogens with zero attached hydrogens (tertiary/aromatic N) is 3. The van der Waals surface area contributed by atoms with Crippen LogP contribution in [-0.2, 0) is 16.8 Å². The Balaban J connectivity index is 1.29. The highest BCUT2D eigenvalue weighted by Gasteiger charge is 2.26. The van der Waals surface area contributed by atoms with Gasteiger partial charge in [-0.25, -0.2) is 0 Å². The predicted molar refractivity (Wildman–Crippen MR) is 131 cm³/mol. The molecule has 6 nitrogen and oxygen atoms in total. The van der Waals surface area contributed by atoms with E-state index in [9.17, 15) is 4.79 Å². The second kappa shape index (κ2) is 9.48. The van der Waals surface area contributed by atoms with Crippen LogP contribution < -0.4 is 5.32 Å². The number of carbonyl (C=O) groups is 1. The summed E-state index contributed by atoms with van der Waals surface area (Å²) in [4.78, 5) is 19.6. The Morgan fingerprint density at radius 1 is 1.06 bits per heavy atom. The molecule has 1 fully saturated rings. The topological polar surface area (TPSA) is 71.3 Å². The van der Waals surface area contributed by atoms with Crippen molar-refractivity contribution < 1.29 is 9.32 Å². The fraction of sp³-hybridized carbons (Fsp3) is 0.444. The average Bonchev–Trinajstić information content (AvgIpc) is 3.25. The van der Waals surface area contributed by atoms with Gasteiger partial charge in [-0.1, -0.05) is 56.3 Å². The molecular weight excluding hydrogens is 412 g/mol. The Morgan fingerprint density at radius 3 is 2.39 bits per heavy atom. The van der Waals surface area contributed by atoms with Gasteiger partial charge in [0, 0.05) is 17.2 Å². The molecule has 0 bridgehead atoms. The molecule has 33 heavy (non-hydrogen) atoms. The van der Waals surface area contributed by atoms with Crippen molar-refractivity contribution in [1.29, 1.82) is 0 Å². The van der Waals surface area contributed by atoms with E-state index in [1.807, 2.05) is 18.2 Å². The van der Waals surface area contributed by atoms with Gasteiger partial charge in [-0.15, -0.1) is 0 Å². The maximum Gasteiger partial charge on any atom is 0.241 e. The van der Waals surface area contributed by atoms with Crippen LogP contribution in [0.3, 0.4) is 0 Å². The molecule has 1 aliphatic rings. The highest BCUT2D eigenvalue weighted by atomic mass is 16.5. The summed E-state index contributed by atoms with van der Waals surface area (Å²) in [5.74, 6) is 1.37. The number of aryl methyl sites for hydroxylation is 2. The van der Waals surface area contributed by atoms with Gasteiger partial charge in [0.15, 0.2) is 0 Å². The van der Waals surface area contributed by atoms with Crippen LogP contribution in [0.25, 0.3) is 11.4 Å². The maximum absolute atomic E-state index is 12.7. The summed E-state index contributed by atoms with van der Waals surface area (Å²) < 4.78 is 5.51. The third kappa shape index (κ3) is 5.69. The lowest BCUT2D eigenvalue weighted by Gasteiger charge is -2.30. The molecule has 1 amide bonds. The second-order valence-corrected chi connectivity index (χ2v) is 10.2. The number of piperidine rings is 1. The van der Waals surface area contributed by atoms with Crippen LogP contribution in [0.5, 0.6) is 0 Å². The fourth-order valence-corrected chi connectivity index (χ4v) is 4.16. The molecule has 0 atom stereocenters. The highest BCUT2D eigenvalue weighted by molar-refractivity contribution is 5.92. The predicted octanol–water partition coefficient (Wildman–Crippen LogP) is 5.50. The third-order valence-electron chi connectivity index (χ3n) is 6.57. The molecule has 6 heteroatoms. The fourth-order valence-electron chi connectivity index (χ4n) is 4.16. The van der Waals surface area contributed by atoms with Gasteiger partial charge in [0.25, 0.3) is 0 Å². The summed E-state index contributed by atoms with van der Waals surface area (Å²) in [5.41, 5.74) is 5.64. The Hall–Kier alpha value is -2.99. The number of likely N-dealkylation sites (tertiary alicyclic amines) is 1. The minimum atomic E-state index is 0.0300. The van der Waals surface area contributed by atoms with Gasteiger partial charge < -0.3 is 9.84 Å². The number of hydrogen-bond donors (Lipinski definition) is 1. The number of nitrogens with one attached hydrogen (secondary N) is 1. The number of anilines is 1. The lowest BCUT2D eigenvalue weighted by molar-refractivity contribution is -0.121. The first-order chi connectivity index (χ1) is 15.7. The number of benzene rings is 2. The molecule has 2 aromatic carbocycles. The van der Waals surface area contributed by atoms with Gasteiger partial charge in [0.05, 0.1) is 6.54 Å². The van der Waals surface area contributed by atoms with E-state index < -0.39 is 0 Å². The first kappa shape index (κ1) is 23.2. The monoisotopic (exact) mass is 446 g/mol. The maximum atomic E-state index is 12.7. The van der Waals surface area contributed by atoms with E-state index in [0.717, 1.165) is 37.2 Å². The van der Waals surface area contributed by atoms with Gasteiger partial charge in [0.1, 0.15) is 0 Å². The van der Waals surface area contributed by atoms with Crippen molar-refractivity contribution in [3.05, 3.63) is 65.0 Å². The van der Waals surface area contributed by atoms with Crippen molar-refractivity contribution >= 4 is 11.6 Å². The molecule has 1 N–H and O–H groups in total. The first-order valence-electron chi connectivity index (χ1n) is 11.7. The van der Waals surface area contributed by atoms with Crippen LogP contribution in [0, 0.1) is 19.8 Å². The van der Waals surface area contributed by atoms with Gasteiger partial charge in [-0.05, 0) is 74.0 Å². The van der Waals surface area contributed by atoms with Gasteiger partial charge in [-0.2, -0.15) is 4.98 Å². The zero-order valence-electron chi connectivity index (χ0n) is 20.3. The molecule has 1 aromatic heterocycles. The molecule has 1 aliphatic heterocycles. The van der Waals surface area contributed by atoms with Crippen molar-refractivity contribution in [2.24, 2.45) is 5.92 Å². The van der Waals surface area contributed by atoms with Crippen LogP contribution in [0.2, 0.25) is 0 Å². The van der Waals surface area contributed by atoms with Crippen molar-refractivity contribution in [3.63, 3.8) is 0 Å². The van der Waals surface area contributed by atoms with E-state index >= 15 is 0 Å². The van der Waals surface area contributed by atoms with Crippen LogP contribution in [0.15, 0.2) is 47.0 Å². The second-order valence-electron chi connectivity index (χ2n) is 10.2. The van der Waals surface area contributed by atoms with E-state index in [2.05, 4.69) is 79.2 Å². The Bertz CT molecular complexity index is 1100. The number of carbonyl (C=O) groups excluding carboxylic acids is 1. The molecule has 4 rings (SSSR count). The van der Waals surface area contributed by atoms with Crippen LogP contribution >= 0.6 is 0 Å². The minimum Gasteiger partial charge on any atom is -0.338 e. The van der Waals surface area contributed by atoms with Crippen LogP contribution in [0.1, 0.15) is 56.2 Å². The van der Waals surface area contributed by atoms with Gasteiger partial charge in [0.2, 0.25) is 17.6 Å². The Labute approximate surface area is 196 Å². The lowest BCUT2D eigenvalue weighted by atomic mass is 9.87. The highest BCUT2D eigenvalue weighted by Crippen LogP contribution is 2.26. The van der Waals surface area contributed by atoms with Crippen molar-refractivity contribution in [1.82, 2.24) is 15.0 Å². The van der Waals surface area contributed by atoms with Gasteiger partial charge in [-0.3, -0.25) is 9.69 Å². The summed E-state index contributed by atoms with van der Waals surface area (Å²) in [5, 5.41) is 7.25. The molecular formula is C27H34N4O2. The Morgan fingerprint density at radius 2 is 1.76 bits per heavy atom. The zero-order valence-corrected chi connectivity index (χ0v) is 20.3. The quantitative estimate of drug-likeness (QED) is 0.560. The average molecular weight is 447 g/mol. The van der Waals surface area contributed by atoms with Crippen molar-refractivity contribution in [2.75, 3.05) is 18.4 Å². The third-order valence-corrected chi connectivity index (χ3v) is 6.57. The van der Waals surface area contributed by atoms with E-state index in [0.29, 0.717) is 18.3 Å². The molecule has 0 unspecified atom stereocenters. The molecule has 0 aliphatic carbocycles. The van der Waals surface area contributed by atoms with Crippen LogP contribution in [0.4, 0.5) is 5.69 Å². The van der Waals surface area contributed by atoms with E-state index in [1.54, 1.807) is 0 Å². The molecule has 2 heterocycles. The minimum absolute atomic E-state index is 0.0300. The molecule has 0 saturated carbocycles. The molecule has 174 valence electrons. The van der Waals surface area contributed by atoms with Gasteiger partial charge >= 0.3 is 0 Å². The van der Waals surface area contributed by atoms with E-state index in [-0.39, 0.29) is 17.2 Å². The normalized spacial score (nSPS) is 15.5. The van der Waals surface area contributed by atoms with Crippen LogP contribution in [-0.4, -0.2) is 34.0 Å². The standard InChI is InChI=1S/C27H34N4O2/c1-18-6-11-23(16-19(18)2)28-26(32)21-12-14-31(15-13-21)17-24-29-25(30-33-24)20-7-9-22(10-8-20)27(3,4)5/h6-11,16,21H,12-15,17H2,1-5H3,(H,28,32). The number of amides is 1. The summed E-state index contributed by atoms with van der Waals surface area (Å²) >= 11 is 0. The molecule has 3 aromatic rings. The SMILES string of the molecule is Cc1ccc(NC(=O)C2CCN(Cc3nc(-c4ccc(C(C)(C)C)cc4)no3)CC2)cc1C. The molecule has 0 radical (unpaired) electrons. The molecule has 1 saturated heterocycles. The number of hydrogen-bond acceptors (Lipinski definition) is 5. The summed E-state index contributed by atoms with van der Waals surface area (Å²) in [6.45, 7) is 13.0. The largest absolute Gasteiger partial charge is 0.338 e. The van der Waals surface area contributed by atoms with Crippen molar-refractivity contribution in [3.8, 4) is 11.4 Å². The van der Waals surface area contributed by atoms with E-state index in [4.69, 9.17) is 4.52 Å². The number of rotatable bonds is 5. The Kier molecular flexibility index (Phi) is 6.66. The molecule has 0 spiro atoms. The summed E-state index contributed by atoms with van der Waals surface area (Å²) in [7, 11) is 0. The van der Waals surface area contributed by atoms with E-state index in [1.165, 1.54) is 16.7 Å².